The lowest BCUT2D eigenvalue weighted by Crippen LogP contribution is -2.36. The summed E-state index contributed by atoms with van der Waals surface area (Å²) in [6.45, 7) is 1.77. The third kappa shape index (κ3) is 4.40. The number of anilines is 4. The molecule has 0 bridgehead atoms. The van der Waals surface area contributed by atoms with Crippen LogP contribution in [-0.2, 0) is 9.59 Å². The molecule has 0 aliphatic carbocycles. The molecule has 0 saturated heterocycles. The zero-order chi connectivity index (χ0) is 22.1. The number of aromatic nitrogens is 2. The van der Waals surface area contributed by atoms with Crippen LogP contribution in [0.4, 0.5) is 23.1 Å². The van der Waals surface area contributed by atoms with Crippen molar-refractivity contribution in [1.29, 1.82) is 0 Å². The monoisotopic (exact) mass is 457 g/mol. The summed E-state index contributed by atoms with van der Waals surface area (Å²) in [6.07, 6.45) is -0.173. The molecule has 0 fully saturated rings. The fourth-order valence-electron chi connectivity index (χ4n) is 3.29. The molecule has 0 spiro atoms. The average molecular weight is 458 g/mol. The van der Waals surface area contributed by atoms with E-state index >= 15 is 0 Å². The predicted octanol–water partition coefficient (Wildman–Crippen LogP) is 4.19. The molecule has 1 aliphatic rings. The average Bonchev–Trinajstić information content (AvgIpc) is 2.72. The lowest BCUT2D eigenvalue weighted by molar-refractivity contribution is -0.123. The molecule has 0 unspecified atom stereocenters. The minimum Gasteiger partial charge on any atom is -0.326 e. The van der Waals surface area contributed by atoms with Crippen LogP contribution in [-0.4, -0.2) is 21.8 Å². The lowest BCUT2D eigenvalue weighted by atomic mass is 9.92. The summed E-state index contributed by atoms with van der Waals surface area (Å²) in [7, 11) is 0. The number of hydrogen-bond acceptors (Lipinski definition) is 5. The van der Waals surface area contributed by atoms with Gasteiger partial charge in [0.05, 0.1) is 11.5 Å². The van der Waals surface area contributed by atoms with E-state index in [1.165, 1.54) is 0 Å². The summed E-state index contributed by atoms with van der Waals surface area (Å²) in [4.78, 5) is 44.9. The summed E-state index contributed by atoms with van der Waals surface area (Å²) in [5, 5.41) is 9.33. The standard InChI is InChI=1S/C21H17Cl2N5O3/c1-10-14(23)3-2-4-15(10)25-19(30)13-9-16(29)26-18-17(13)20(31)28-21(27-18)24-12-7-5-11(22)6-8-12/h2-8,13H,9H2,1H3,(H,25,30)(H3,24,26,27,28,29,31)/t13-/m1/s1. The molecular weight excluding hydrogens is 441 g/mol. The van der Waals surface area contributed by atoms with Gasteiger partial charge in [-0.05, 0) is 48.9 Å². The molecule has 158 valence electrons. The smallest absolute Gasteiger partial charge is 0.258 e. The van der Waals surface area contributed by atoms with Crippen LogP contribution in [0.3, 0.4) is 0 Å². The van der Waals surface area contributed by atoms with E-state index in [2.05, 4.69) is 25.9 Å². The maximum atomic E-state index is 13.0. The first-order valence-electron chi connectivity index (χ1n) is 9.34. The van der Waals surface area contributed by atoms with E-state index in [9.17, 15) is 14.4 Å². The molecule has 4 N–H and O–H groups in total. The Bertz CT molecular complexity index is 1240. The van der Waals surface area contributed by atoms with E-state index in [0.29, 0.717) is 27.0 Å². The van der Waals surface area contributed by atoms with Crippen molar-refractivity contribution >= 4 is 58.2 Å². The van der Waals surface area contributed by atoms with Crippen LogP contribution in [0.15, 0.2) is 47.3 Å². The first kappa shape index (κ1) is 20.9. The van der Waals surface area contributed by atoms with Gasteiger partial charge < -0.3 is 16.0 Å². The van der Waals surface area contributed by atoms with Crippen LogP contribution >= 0.6 is 23.2 Å². The molecule has 0 radical (unpaired) electrons. The summed E-state index contributed by atoms with van der Waals surface area (Å²) in [6, 6.07) is 11.9. The molecule has 1 atom stereocenters. The van der Waals surface area contributed by atoms with Crippen molar-refractivity contribution in [3.63, 3.8) is 0 Å². The van der Waals surface area contributed by atoms with E-state index in [-0.39, 0.29) is 23.8 Å². The summed E-state index contributed by atoms with van der Waals surface area (Å²) in [5.41, 5.74) is 1.41. The quantitative estimate of drug-likeness (QED) is 0.468. The van der Waals surface area contributed by atoms with Crippen molar-refractivity contribution in [2.45, 2.75) is 19.3 Å². The van der Waals surface area contributed by atoms with Gasteiger partial charge in [0, 0.05) is 27.8 Å². The van der Waals surface area contributed by atoms with E-state index in [0.717, 1.165) is 0 Å². The molecule has 3 aromatic rings. The van der Waals surface area contributed by atoms with Gasteiger partial charge in [-0.3, -0.25) is 19.4 Å². The summed E-state index contributed by atoms with van der Waals surface area (Å²) >= 11 is 12.0. The first-order valence-corrected chi connectivity index (χ1v) is 10.1. The molecule has 8 nitrogen and oxygen atoms in total. The highest BCUT2D eigenvalue weighted by Crippen LogP contribution is 2.31. The number of aromatic amines is 1. The Morgan fingerprint density at radius 3 is 2.61 bits per heavy atom. The zero-order valence-electron chi connectivity index (χ0n) is 16.3. The second-order valence-corrected chi connectivity index (χ2v) is 7.86. The second kappa shape index (κ2) is 8.41. The minimum atomic E-state index is -0.997. The molecule has 2 aromatic carbocycles. The van der Waals surface area contributed by atoms with Crippen molar-refractivity contribution in [2.75, 3.05) is 16.0 Å². The second-order valence-electron chi connectivity index (χ2n) is 7.02. The highest BCUT2D eigenvalue weighted by atomic mass is 35.5. The Hall–Kier alpha value is -3.36. The van der Waals surface area contributed by atoms with E-state index < -0.39 is 23.3 Å². The van der Waals surface area contributed by atoms with Crippen LogP contribution < -0.4 is 21.5 Å². The van der Waals surface area contributed by atoms with Gasteiger partial charge in [0.25, 0.3) is 5.56 Å². The Kier molecular flexibility index (Phi) is 5.67. The van der Waals surface area contributed by atoms with Crippen molar-refractivity contribution in [3.05, 3.63) is 74.0 Å². The third-order valence-electron chi connectivity index (χ3n) is 4.90. The van der Waals surface area contributed by atoms with Crippen LogP contribution in [0.1, 0.15) is 23.5 Å². The third-order valence-corrected chi connectivity index (χ3v) is 5.56. The maximum Gasteiger partial charge on any atom is 0.258 e. The number of rotatable bonds is 4. The predicted molar refractivity (Wildman–Crippen MR) is 120 cm³/mol. The van der Waals surface area contributed by atoms with E-state index in [4.69, 9.17) is 23.2 Å². The van der Waals surface area contributed by atoms with Crippen LogP contribution in [0.5, 0.6) is 0 Å². The maximum absolute atomic E-state index is 13.0. The van der Waals surface area contributed by atoms with Gasteiger partial charge >= 0.3 is 0 Å². The molecule has 0 saturated carbocycles. The van der Waals surface area contributed by atoms with Crippen LogP contribution in [0, 0.1) is 6.92 Å². The fraction of sp³-hybridized carbons (Fsp3) is 0.143. The Morgan fingerprint density at radius 1 is 1.13 bits per heavy atom. The van der Waals surface area contributed by atoms with Gasteiger partial charge in [0.2, 0.25) is 17.8 Å². The molecule has 2 heterocycles. The number of carbonyl (C=O) groups is 2. The molecule has 31 heavy (non-hydrogen) atoms. The summed E-state index contributed by atoms with van der Waals surface area (Å²) < 4.78 is 0. The lowest BCUT2D eigenvalue weighted by Gasteiger charge is -2.24. The fourth-order valence-corrected chi connectivity index (χ4v) is 3.59. The van der Waals surface area contributed by atoms with Crippen molar-refractivity contribution in [2.24, 2.45) is 0 Å². The normalized spacial score (nSPS) is 15.1. The van der Waals surface area contributed by atoms with E-state index in [1.54, 1.807) is 49.4 Å². The van der Waals surface area contributed by atoms with Gasteiger partial charge in [0.1, 0.15) is 5.82 Å². The van der Waals surface area contributed by atoms with Gasteiger partial charge in [-0.25, -0.2) is 0 Å². The number of nitrogens with one attached hydrogen (secondary N) is 4. The number of amides is 2. The number of halogens is 2. The van der Waals surface area contributed by atoms with Crippen molar-refractivity contribution in [3.8, 4) is 0 Å². The van der Waals surface area contributed by atoms with Gasteiger partial charge in [0.15, 0.2) is 0 Å². The van der Waals surface area contributed by atoms with Crippen molar-refractivity contribution in [1.82, 2.24) is 9.97 Å². The Morgan fingerprint density at radius 2 is 1.87 bits per heavy atom. The topological polar surface area (TPSA) is 116 Å². The van der Waals surface area contributed by atoms with Gasteiger partial charge in [-0.2, -0.15) is 4.98 Å². The minimum absolute atomic E-state index is 0.0411. The van der Waals surface area contributed by atoms with Crippen LogP contribution in [0.25, 0.3) is 0 Å². The zero-order valence-corrected chi connectivity index (χ0v) is 17.8. The largest absolute Gasteiger partial charge is 0.326 e. The number of carbonyl (C=O) groups excluding carboxylic acids is 2. The molecule has 2 amide bonds. The number of hydrogen-bond donors (Lipinski definition) is 4. The Labute approximate surface area is 187 Å². The number of nitrogens with zero attached hydrogens (tertiary/aromatic N) is 1. The molecule has 10 heteroatoms. The summed E-state index contributed by atoms with van der Waals surface area (Å²) in [5.74, 6) is -1.74. The Balaban J connectivity index is 1.65. The highest BCUT2D eigenvalue weighted by Gasteiger charge is 2.35. The number of benzene rings is 2. The molecule has 1 aliphatic heterocycles. The van der Waals surface area contributed by atoms with Gasteiger partial charge in [-0.1, -0.05) is 29.3 Å². The van der Waals surface area contributed by atoms with Crippen molar-refractivity contribution < 1.29 is 9.59 Å². The van der Waals surface area contributed by atoms with Crippen LogP contribution in [0.2, 0.25) is 10.0 Å². The molecule has 4 rings (SSSR count). The SMILES string of the molecule is Cc1c(Cl)cccc1NC(=O)[C@@H]1CC(=O)Nc2nc(Nc3ccc(Cl)cc3)[nH]c(=O)c21. The number of H-pyrrole nitrogens is 1. The number of fused-ring (bicyclic) bond motifs is 1. The highest BCUT2D eigenvalue weighted by molar-refractivity contribution is 6.31. The molecular formula is C21H17Cl2N5O3. The molecule has 1 aromatic heterocycles. The van der Waals surface area contributed by atoms with E-state index in [1.807, 2.05) is 0 Å². The van der Waals surface area contributed by atoms with Gasteiger partial charge in [-0.15, -0.1) is 0 Å². The first-order chi connectivity index (χ1) is 14.8.